The highest BCUT2D eigenvalue weighted by Crippen LogP contribution is 2.34. The monoisotopic (exact) mass is 406 g/mol. The molecule has 1 N–H and O–H groups in total. The second-order valence-electron chi connectivity index (χ2n) is 7.10. The van der Waals surface area contributed by atoms with Crippen LogP contribution in [0.3, 0.4) is 0 Å². The first-order valence-electron chi connectivity index (χ1n) is 9.04. The summed E-state index contributed by atoms with van der Waals surface area (Å²) >= 11 is 0. The maximum absolute atomic E-state index is 12.8. The van der Waals surface area contributed by atoms with Gasteiger partial charge in [0.25, 0.3) is 0 Å². The van der Waals surface area contributed by atoms with Crippen molar-refractivity contribution in [1.82, 2.24) is 10.3 Å². The molecule has 154 valence electrons. The number of carbonyl (C=O) groups excluding carboxylic acids is 1. The zero-order valence-electron chi connectivity index (χ0n) is 16.0. The number of rotatable bonds is 6. The number of hydrogen-bond acceptors (Lipinski definition) is 4. The standard InChI is InChI=1S/C21H21F3N2O3/c1-14(17-9-8-16(11-25-17)28-13-21(22,23)24)26-19(27)20(2)10-18(29-12-20)15-6-4-3-5-7-15/h3-11,14H,12-13H2,1-2H3,(H,26,27). The van der Waals surface area contributed by atoms with Gasteiger partial charge >= 0.3 is 6.18 Å². The van der Waals surface area contributed by atoms with Crippen molar-refractivity contribution in [2.24, 2.45) is 5.41 Å². The Balaban J connectivity index is 1.62. The molecule has 1 amide bonds. The molecule has 0 fully saturated rings. The topological polar surface area (TPSA) is 60.5 Å². The van der Waals surface area contributed by atoms with Crippen molar-refractivity contribution in [2.45, 2.75) is 26.1 Å². The van der Waals surface area contributed by atoms with Crippen LogP contribution in [0.1, 0.15) is 31.1 Å². The smallest absolute Gasteiger partial charge is 0.422 e. The molecule has 29 heavy (non-hydrogen) atoms. The molecule has 1 aromatic carbocycles. The van der Waals surface area contributed by atoms with Crippen LogP contribution < -0.4 is 10.1 Å². The summed E-state index contributed by atoms with van der Waals surface area (Å²) in [5.41, 5.74) is 0.565. The Bertz CT molecular complexity index is 882. The molecule has 2 atom stereocenters. The molecule has 3 rings (SSSR count). The van der Waals surface area contributed by atoms with Crippen molar-refractivity contribution in [1.29, 1.82) is 0 Å². The molecule has 0 radical (unpaired) electrons. The molecule has 1 aliphatic rings. The second kappa shape index (κ2) is 8.14. The number of carbonyl (C=O) groups is 1. The van der Waals surface area contributed by atoms with E-state index in [2.05, 4.69) is 15.0 Å². The van der Waals surface area contributed by atoms with E-state index < -0.39 is 24.2 Å². The maximum atomic E-state index is 12.8. The van der Waals surface area contributed by atoms with Crippen LogP contribution in [-0.2, 0) is 9.53 Å². The summed E-state index contributed by atoms with van der Waals surface area (Å²) in [4.78, 5) is 16.9. The van der Waals surface area contributed by atoms with Crippen molar-refractivity contribution in [3.05, 3.63) is 66.0 Å². The van der Waals surface area contributed by atoms with E-state index in [0.29, 0.717) is 11.5 Å². The van der Waals surface area contributed by atoms with E-state index >= 15 is 0 Å². The predicted octanol–water partition coefficient (Wildman–Crippen LogP) is 4.28. The Morgan fingerprint density at radius 3 is 2.62 bits per heavy atom. The molecule has 1 aromatic heterocycles. The lowest BCUT2D eigenvalue weighted by molar-refractivity contribution is -0.153. The fourth-order valence-electron chi connectivity index (χ4n) is 2.83. The summed E-state index contributed by atoms with van der Waals surface area (Å²) in [5.74, 6) is 0.437. The van der Waals surface area contributed by atoms with Crippen molar-refractivity contribution in [3.63, 3.8) is 0 Å². The lowest BCUT2D eigenvalue weighted by atomic mass is 9.90. The van der Waals surface area contributed by atoms with Gasteiger partial charge in [-0.15, -0.1) is 0 Å². The first-order valence-corrected chi connectivity index (χ1v) is 9.04. The largest absolute Gasteiger partial charge is 0.492 e. The zero-order valence-corrected chi connectivity index (χ0v) is 16.0. The minimum absolute atomic E-state index is 0.0104. The van der Waals surface area contributed by atoms with Crippen LogP contribution in [-0.4, -0.2) is 30.3 Å². The SMILES string of the molecule is CC(NC(=O)C1(C)C=C(c2ccccc2)OC1)c1ccc(OCC(F)(F)F)cn1. The van der Waals surface area contributed by atoms with Gasteiger partial charge in [0.2, 0.25) is 5.91 Å². The molecule has 2 heterocycles. The Kier molecular flexibility index (Phi) is 5.81. The number of hydrogen-bond donors (Lipinski definition) is 1. The van der Waals surface area contributed by atoms with Gasteiger partial charge in [-0.2, -0.15) is 13.2 Å². The van der Waals surface area contributed by atoms with Crippen LogP contribution in [0.5, 0.6) is 5.75 Å². The predicted molar refractivity (Wildman–Crippen MR) is 101 cm³/mol. The summed E-state index contributed by atoms with van der Waals surface area (Å²) in [7, 11) is 0. The lowest BCUT2D eigenvalue weighted by Gasteiger charge is -2.22. The summed E-state index contributed by atoms with van der Waals surface area (Å²) in [6.07, 6.45) is -1.41. The van der Waals surface area contributed by atoms with Crippen molar-refractivity contribution < 1.29 is 27.4 Å². The third-order valence-electron chi connectivity index (χ3n) is 4.51. The van der Waals surface area contributed by atoms with Crippen LogP contribution in [0.2, 0.25) is 0 Å². The molecule has 0 aliphatic carbocycles. The van der Waals surface area contributed by atoms with Gasteiger partial charge in [0.15, 0.2) is 6.61 Å². The van der Waals surface area contributed by atoms with Crippen LogP contribution in [0.25, 0.3) is 5.76 Å². The minimum Gasteiger partial charge on any atom is -0.492 e. The highest BCUT2D eigenvalue weighted by atomic mass is 19.4. The number of benzene rings is 1. The fourth-order valence-corrected chi connectivity index (χ4v) is 2.83. The molecule has 8 heteroatoms. The minimum atomic E-state index is -4.41. The lowest BCUT2D eigenvalue weighted by Crippen LogP contribution is -2.40. The van der Waals surface area contributed by atoms with Gasteiger partial charge in [0.05, 0.1) is 17.9 Å². The molecule has 0 spiro atoms. The number of amides is 1. The molecule has 0 bridgehead atoms. The number of halogens is 3. The quantitative estimate of drug-likeness (QED) is 0.778. The second-order valence-corrected chi connectivity index (χ2v) is 7.10. The van der Waals surface area contributed by atoms with Crippen molar-refractivity contribution >= 4 is 11.7 Å². The Morgan fingerprint density at radius 2 is 2.00 bits per heavy atom. The number of alkyl halides is 3. The van der Waals surface area contributed by atoms with Crippen LogP contribution in [0.15, 0.2) is 54.7 Å². The number of nitrogens with zero attached hydrogens (tertiary/aromatic N) is 1. The average Bonchev–Trinajstić information content (AvgIpc) is 3.10. The number of nitrogens with one attached hydrogen (secondary N) is 1. The summed E-state index contributed by atoms with van der Waals surface area (Å²) in [6, 6.07) is 12.0. The van der Waals surface area contributed by atoms with Gasteiger partial charge < -0.3 is 14.8 Å². The normalized spacial score (nSPS) is 19.8. The van der Waals surface area contributed by atoms with Gasteiger partial charge in [-0.25, -0.2) is 0 Å². The van der Waals surface area contributed by atoms with Crippen molar-refractivity contribution in [2.75, 3.05) is 13.2 Å². The average molecular weight is 406 g/mol. The van der Waals surface area contributed by atoms with Gasteiger partial charge in [-0.1, -0.05) is 30.3 Å². The van der Waals surface area contributed by atoms with E-state index in [1.165, 1.54) is 18.3 Å². The molecule has 0 saturated carbocycles. The highest BCUT2D eigenvalue weighted by Gasteiger charge is 2.38. The van der Waals surface area contributed by atoms with Gasteiger partial charge in [-0.05, 0) is 32.1 Å². The maximum Gasteiger partial charge on any atom is 0.422 e. The van der Waals surface area contributed by atoms with E-state index in [-0.39, 0.29) is 18.3 Å². The summed E-state index contributed by atoms with van der Waals surface area (Å²) in [5, 5.41) is 2.88. The Hall–Kier alpha value is -3.03. The third-order valence-corrected chi connectivity index (χ3v) is 4.51. The van der Waals surface area contributed by atoms with Gasteiger partial charge in [-0.3, -0.25) is 9.78 Å². The first-order chi connectivity index (χ1) is 13.7. The van der Waals surface area contributed by atoms with Crippen LogP contribution >= 0.6 is 0 Å². The van der Waals surface area contributed by atoms with E-state index in [1.54, 1.807) is 19.9 Å². The third kappa shape index (κ3) is 5.28. The highest BCUT2D eigenvalue weighted by molar-refractivity contribution is 5.87. The molecular formula is C21H21F3N2O3. The van der Waals surface area contributed by atoms with Crippen molar-refractivity contribution in [3.8, 4) is 5.75 Å². The Labute approximate surface area is 166 Å². The summed E-state index contributed by atoms with van der Waals surface area (Å²) in [6.45, 7) is 2.37. The Morgan fingerprint density at radius 1 is 1.28 bits per heavy atom. The van der Waals surface area contributed by atoms with E-state index in [9.17, 15) is 18.0 Å². The molecule has 0 saturated heterocycles. The fraction of sp³-hybridized carbons (Fsp3) is 0.333. The van der Waals surface area contributed by atoms with Gasteiger partial charge in [0, 0.05) is 5.56 Å². The molecule has 2 unspecified atom stereocenters. The molecule has 1 aliphatic heterocycles. The number of ether oxygens (including phenoxy) is 2. The van der Waals surface area contributed by atoms with E-state index in [0.717, 1.165) is 5.56 Å². The van der Waals surface area contributed by atoms with Gasteiger partial charge in [0.1, 0.15) is 23.5 Å². The van der Waals surface area contributed by atoms with Crippen LogP contribution in [0.4, 0.5) is 13.2 Å². The molecule has 2 aromatic rings. The van der Waals surface area contributed by atoms with E-state index in [4.69, 9.17) is 4.74 Å². The van der Waals surface area contributed by atoms with E-state index in [1.807, 2.05) is 30.3 Å². The number of aromatic nitrogens is 1. The first kappa shape index (κ1) is 20.7. The molecule has 5 nitrogen and oxygen atoms in total. The number of pyridine rings is 1. The zero-order chi connectivity index (χ0) is 21.1. The summed E-state index contributed by atoms with van der Waals surface area (Å²) < 4.78 is 47.0. The molecular weight excluding hydrogens is 385 g/mol. The van der Waals surface area contributed by atoms with Crippen LogP contribution in [0, 0.1) is 5.41 Å².